The van der Waals surface area contributed by atoms with Crippen molar-refractivity contribution in [2.45, 2.75) is 39.9 Å². The summed E-state index contributed by atoms with van der Waals surface area (Å²) in [5.41, 5.74) is 3.65. The standard InChI is InChI=1S/C24H28ClN5O3/c1-16-6-10-21(11-7-16)33-18(3)32-15-26-19-8-12-20(13-9-19)31-14-4-5-22-27-24-23(25)17(2)28-30(24)29-22/h6-13,18,26,28H,4-5,14-15H2,1-3H3. The second kappa shape index (κ2) is 10.6. The van der Waals surface area contributed by atoms with E-state index in [1.807, 2.05) is 69.3 Å². The van der Waals surface area contributed by atoms with E-state index in [1.165, 1.54) is 5.56 Å². The molecule has 1 unspecified atom stereocenters. The van der Waals surface area contributed by atoms with Gasteiger partial charge >= 0.3 is 0 Å². The zero-order chi connectivity index (χ0) is 23.2. The molecule has 9 heteroatoms. The SMILES string of the molecule is Cc1ccc(OC(C)OCNc2ccc(OCCCc3nc4c(Cl)c(C)[nH]n4n3)cc2)cc1. The first-order valence-electron chi connectivity index (χ1n) is 10.9. The molecule has 4 rings (SSSR count). The number of hydrogen-bond donors (Lipinski definition) is 2. The van der Waals surface area contributed by atoms with E-state index in [0.29, 0.717) is 30.4 Å². The zero-order valence-electron chi connectivity index (χ0n) is 19.0. The maximum Gasteiger partial charge on any atom is 0.198 e. The lowest BCUT2D eigenvalue weighted by Crippen LogP contribution is -2.20. The predicted octanol–water partition coefficient (Wildman–Crippen LogP) is 5.15. The van der Waals surface area contributed by atoms with Gasteiger partial charge in [-0.3, -0.25) is 5.10 Å². The number of nitrogens with one attached hydrogen (secondary N) is 2. The fraction of sp³-hybridized carbons (Fsp3) is 0.333. The number of anilines is 1. The summed E-state index contributed by atoms with van der Waals surface area (Å²) in [6.45, 7) is 6.71. The van der Waals surface area contributed by atoms with Crippen LogP contribution < -0.4 is 14.8 Å². The van der Waals surface area contributed by atoms with E-state index in [9.17, 15) is 0 Å². The van der Waals surface area contributed by atoms with Crippen LogP contribution in [0.3, 0.4) is 0 Å². The van der Waals surface area contributed by atoms with E-state index < -0.39 is 0 Å². The summed E-state index contributed by atoms with van der Waals surface area (Å²) in [4.78, 5) is 4.46. The molecule has 2 heterocycles. The first-order chi connectivity index (χ1) is 16.0. The van der Waals surface area contributed by atoms with Crippen molar-refractivity contribution in [1.82, 2.24) is 19.8 Å². The van der Waals surface area contributed by atoms with E-state index in [4.69, 9.17) is 25.8 Å². The van der Waals surface area contributed by atoms with Crippen LogP contribution >= 0.6 is 11.6 Å². The van der Waals surface area contributed by atoms with Gasteiger partial charge in [-0.1, -0.05) is 29.3 Å². The van der Waals surface area contributed by atoms with E-state index in [-0.39, 0.29) is 6.29 Å². The normalized spacial score (nSPS) is 12.1. The fourth-order valence-electron chi connectivity index (χ4n) is 3.23. The molecule has 0 aliphatic heterocycles. The number of aryl methyl sites for hydroxylation is 3. The lowest BCUT2D eigenvalue weighted by atomic mass is 10.2. The highest BCUT2D eigenvalue weighted by molar-refractivity contribution is 6.34. The Morgan fingerprint density at radius 3 is 2.52 bits per heavy atom. The first-order valence-corrected chi connectivity index (χ1v) is 11.3. The van der Waals surface area contributed by atoms with Crippen molar-refractivity contribution < 1.29 is 14.2 Å². The van der Waals surface area contributed by atoms with Crippen molar-refractivity contribution in [3.8, 4) is 11.5 Å². The molecule has 0 spiro atoms. The number of ether oxygens (including phenoxy) is 3. The third-order valence-electron chi connectivity index (χ3n) is 5.04. The summed E-state index contributed by atoms with van der Waals surface area (Å²) < 4.78 is 18.8. The molecule has 4 aromatic rings. The minimum Gasteiger partial charge on any atom is -0.494 e. The number of H-pyrrole nitrogens is 1. The summed E-state index contributed by atoms with van der Waals surface area (Å²) >= 11 is 6.20. The predicted molar refractivity (Wildman–Crippen MR) is 128 cm³/mol. The Kier molecular flexibility index (Phi) is 7.36. The third kappa shape index (κ3) is 6.18. The van der Waals surface area contributed by atoms with E-state index in [1.54, 1.807) is 4.63 Å². The largest absolute Gasteiger partial charge is 0.494 e. The van der Waals surface area contributed by atoms with Crippen molar-refractivity contribution >= 4 is 22.9 Å². The highest BCUT2D eigenvalue weighted by Gasteiger charge is 2.11. The lowest BCUT2D eigenvalue weighted by molar-refractivity contribution is -0.0591. The molecule has 0 radical (unpaired) electrons. The van der Waals surface area contributed by atoms with Crippen LogP contribution in [0.1, 0.15) is 30.4 Å². The zero-order valence-corrected chi connectivity index (χ0v) is 19.7. The Balaban J connectivity index is 1.14. The van der Waals surface area contributed by atoms with Crippen molar-refractivity contribution in [1.29, 1.82) is 0 Å². The van der Waals surface area contributed by atoms with Crippen LogP contribution in [0, 0.1) is 13.8 Å². The maximum absolute atomic E-state index is 6.20. The quantitative estimate of drug-likeness (QED) is 0.233. The summed E-state index contributed by atoms with van der Waals surface area (Å²) in [6.07, 6.45) is 1.15. The number of hydrogen-bond acceptors (Lipinski definition) is 6. The van der Waals surface area contributed by atoms with Crippen LogP contribution in [-0.4, -0.2) is 39.4 Å². The van der Waals surface area contributed by atoms with E-state index in [2.05, 4.69) is 20.5 Å². The maximum atomic E-state index is 6.20. The van der Waals surface area contributed by atoms with Crippen molar-refractivity contribution in [2.24, 2.45) is 0 Å². The van der Waals surface area contributed by atoms with E-state index >= 15 is 0 Å². The molecule has 2 N–H and O–H groups in total. The van der Waals surface area contributed by atoms with Crippen LogP contribution in [0.2, 0.25) is 5.02 Å². The van der Waals surface area contributed by atoms with Gasteiger partial charge in [0, 0.05) is 12.1 Å². The van der Waals surface area contributed by atoms with Gasteiger partial charge in [0.25, 0.3) is 0 Å². The summed E-state index contributed by atoms with van der Waals surface area (Å²) in [7, 11) is 0. The van der Waals surface area contributed by atoms with Crippen LogP contribution in [0.15, 0.2) is 48.5 Å². The molecule has 0 bridgehead atoms. The molecule has 0 saturated heterocycles. The molecule has 0 amide bonds. The van der Waals surface area contributed by atoms with E-state index in [0.717, 1.165) is 35.1 Å². The number of benzene rings is 2. The smallest absolute Gasteiger partial charge is 0.198 e. The van der Waals surface area contributed by atoms with Gasteiger partial charge in [0.05, 0.1) is 12.3 Å². The fourth-order valence-corrected chi connectivity index (χ4v) is 3.40. The second-order valence-corrected chi connectivity index (χ2v) is 8.15. The van der Waals surface area contributed by atoms with Crippen molar-refractivity contribution in [3.05, 3.63) is 70.6 Å². The van der Waals surface area contributed by atoms with Crippen LogP contribution in [0.25, 0.3) is 5.65 Å². The number of aromatic amines is 1. The van der Waals surface area contributed by atoms with Gasteiger partial charge in [0.15, 0.2) is 17.8 Å². The highest BCUT2D eigenvalue weighted by atomic mass is 35.5. The van der Waals surface area contributed by atoms with Gasteiger partial charge in [0.1, 0.15) is 23.3 Å². The number of rotatable bonds is 11. The monoisotopic (exact) mass is 469 g/mol. The van der Waals surface area contributed by atoms with Gasteiger partial charge in [-0.2, -0.15) is 4.63 Å². The van der Waals surface area contributed by atoms with Gasteiger partial charge in [-0.15, -0.1) is 5.10 Å². The molecule has 0 aliphatic carbocycles. The number of aromatic nitrogens is 4. The average molecular weight is 470 g/mol. The Hall–Kier alpha value is -3.23. The molecule has 0 aliphatic rings. The highest BCUT2D eigenvalue weighted by Crippen LogP contribution is 2.20. The number of fused-ring (bicyclic) bond motifs is 1. The van der Waals surface area contributed by atoms with Crippen LogP contribution in [0.4, 0.5) is 5.69 Å². The molecule has 0 fully saturated rings. The first kappa shape index (κ1) is 22.9. The van der Waals surface area contributed by atoms with Gasteiger partial charge in [0.2, 0.25) is 0 Å². The topological polar surface area (TPSA) is 85.7 Å². The Labute approximate surface area is 197 Å². The minimum atomic E-state index is -0.361. The van der Waals surface area contributed by atoms with Crippen LogP contribution in [-0.2, 0) is 11.2 Å². The lowest BCUT2D eigenvalue weighted by Gasteiger charge is -2.16. The molecule has 1 atom stereocenters. The molecule has 0 saturated carbocycles. The van der Waals surface area contributed by atoms with Gasteiger partial charge in [-0.05, 0) is 63.6 Å². The van der Waals surface area contributed by atoms with Gasteiger partial charge in [-0.25, -0.2) is 4.98 Å². The van der Waals surface area contributed by atoms with Crippen molar-refractivity contribution in [2.75, 3.05) is 18.7 Å². The van der Waals surface area contributed by atoms with Crippen LogP contribution in [0.5, 0.6) is 11.5 Å². The number of nitrogens with zero attached hydrogens (tertiary/aromatic N) is 3. The molecule has 33 heavy (non-hydrogen) atoms. The molecule has 2 aromatic heterocycles. The summed E-state index contributed by atoms with van der Waals surface area (Å²) in [6, 6.07) is 15.6. The molecular formula is C24H28ClN5O3. The third-order valence-corrected chi connectivity index (χ3v) is 5.49. The minimum absolute atomic E-state index is 0.336. The number of halogens is 1. The summed E-state index contributed by atoms with van der Waals surface area (Å²) in [5, 5.41) is 11.3. The molecule has 8 nitrogen and oxygen atoms in total. The molecule has 2 aromatic carbocycles. The Morgan fingerprint density at radius 2 is 1.79 bits per heavy atom. The second-order valence-electron chi connectivity index (χ2n) is 7.78. The van der Waals surface area contributed by atoms with Crippen molar-refractivity contribution in [3.63, 3.8) is 0 Å². The average Bonchev–Trinajstić information content (AvgIpc) is 3.32. The molecule has 174 valence electrons. The Morgan fingerprint density at radius 1 is 1.06 bits per heavy atom. The summed E-state index contributed by atoms with van der Waals surface area (Å²) in [5.74, 6) is 2.34. The van der Waals surface area contributed by atoms with Gasteiger partial charge < -0.3 is 19.5 Å². The Bertz CT molecular complexity index is 1170. The molecular weight excluding hydrogens is 442 g/mol.